The zero-order valence-electron chi connectivity index (χ0n) is 37.3. The number of aliphatic hydroxyl groups is 4. The molecule has 0 amide bonds. The van der Waals surface area contributed by atoms with E-state index in [1.165, 1.54) is 35.0 Å². The molecule has 16 atom stereocenters. The van der Waals surface area contributed by atoms with Crippen molar-refractivity contribution in [1.82, 2.24) is 53.6 Å². The van der Waals surface area contributed by atoms with Crippen molar-refractivity contribution in [3.05, 3.63) is 52.2 Å². The lowest BCUT2D eigenvalue weighted by Gasteiger charge is -2.36. The minimum Gasteiger partial charge on any atom is -0.780 e. The summed E-state index contributed by atoms with van der Waals surface area (Å²) in [5.74, 6) is -0.621. The van der Waals surface area contributed by atoms with Gasteiger partial charge in [-0.2, -0.15) is 4.98 Å². The summed E-state index contributed by atoms with van der Waals surface area (Å²) in [7, 11) is -16.4. The maximum Gasteiger partial charge on any atom is 0.313 e. The standard InChI is InChI=1S/C32H42N14O23P4S/c1-43-10-46(25-16(43)27(52)42-32(34)40-25)29-20(50)17(47)12(65-29)4-61-70(53,54)68-72(57,58)69-71(55,56)62-6-14-21(22(60-2)30(66-14)44-8-37-11-3-35-7-36-23(11)44)67-73(59,74)63-5-13-18(48)19(49)28(64-13)45-9-38-15-24(45)39-31(33)41-26(15)51/h3,7-10,12-14,17-22,28-30,47-50H,4-6H2,1-2H3,(H9-,33,34,39,40,41,42,51,52,53,54,55,56,57,58,59,74)/p-3. The Balaban J connectivity index is 0.854. The molecule has 0 spiro atoms. The summed E-state index contributed by atoms with van der Waals surface area (Å²) in [6.45, 7) is -8.24. The zero-order chi connectivity index (χ0) is 53.4. The molecule has 10 N–H and O–H groups in total. The van der Waals surface area contributed by atoms with Gasteiger partial charge in [-0.3, -0.25) is 47.0 Å². The van der Waals surface area contributed by atoms with Gasteiger partial charge in [-0.05, 0) is 0 Å². The number of ether oxygens (including phenoxy) is 4. The van der Waals surface area contributed by atoms with Gasteiger partial charge in [0.1, 0.15) is 73.5 Å². The average Bonchev–Trinajstić information content (AvgIpc) is 4.16. The number of nitrogens with zero attached hydrogens (tertiary/aromatic N) is 10. The number of phosphoric acid groups is 3. The predicted octanol–water partition coefficient (Wildman–Crippen LogP) is -6.70. The van der Waals surface area contributed by atoms with Gasteiger partial charge in [0.15, 0.2) is 35.6 Å². The molecule has 3 aliphatic heterocycles. The lowest BCUT2D eigenvalue weighted by molar-refractivity contribution is -0.745. The van der Waals surface area contributed by atoms with E-state index in [4.69, 9.17) is 55.8 Å². The maximum absolute atomic E-state index is 13.9. The molecule has 37 nitrogen and oxygen atoms in total. The number of phosphoric ester groups is 2. The topological polar surface area (TPSA) is 530 Å². The van der Waals surface area contributed by atoms with Crippen LogP contribution in [0, 0.1) is 0 Å². The van der Waals surface area contributed by atoms with Gasteiger partial charge < -0.3 is 88.5 Å². The summed E-state index contributed by atoms with van der Waals surface area (Å²) in [6, 6.07) is 0. The highest BCUT2D eigenvalue weighted by atomic mass is 32.5. The fourth-order valence-corrected chi connectivity index (χ4v) is 13.0. The van der Waals surface area contributed by atoms with E-state index in [0.717, 1.165) is 28.9 Å². The molecule has 0 aromatic carbocycles. The van der Waals surface area contributed by atoms with E-state index in [1.807, 2.05) is 0 Å². The van der Waals surface area contributed by atoms with Crippen molar-refractivity contribution >= 4 is 87.4 Å². The van der Waals surface area contributed by atoms with E-state index in [-0.39, 0.29) is 45.4 Å². The number of rotatable bonds is 19. The minimum atomic E-state index is -6.54. The highest BCUT2D eigenvalue weighted by Gasteiger charge is 2.51. The number of fused-ring (bicyclic) bond motifs is 3. The lowest BCUT2D eigenvalue weighted by Crippen LogP contribution is -2.46. The van der Waals surface area contributed by atoms with Crippen LogP contribution >= 0.6 is 30.2 Å². The Bertz CT molecular complexity index is 3420. The van der Waals surface area contributed by atoms with Gasteiger partial charge >= 0.3 is 5.65 Å². The minimum absolute atomic E-state index is 0.0366. The van der Waals surface area contributed by atoms with Crippen LogP contribution in [0.5, 0.6) is 0 Å². The number of hydrogen-bond donors (Lipinski definition) is 8. The smallest absolute Gasteiger partial charge is 0.313 e. The number of aromatic nitrogens is 12. The molecule has 3 fully saturated rings. The molecule has 0 aliphatic carbocycles. The van der Waals surface area contributed by atoms with Gasteiger partial charge in [0.2, 0.25) is 17.7 Å². The Hall–Kier alpha value is -4.53. The number of imidazole rings is 3. The number of nitrogen functional groups attached to an aromatic ring is 2. The van der Waals surface area contributed by atoms with Crippen molar-refractivity contribution in [3.63, 3.8) is 0 Å². The number of anilines is 2. The molecule has 42 heteroatoms. The second-order valence-corrected chi connectivity index (χ2v) is 23.4. The average molecular weight is 1140 g/mol. The lowest BCUT2D eigenvalue weighted by atomic mass is 10.1. The molecule has 0 saturated carbocycles. The number of H-pyrrole nitrogens is 2. The molecule has 3 saturated heterocycles. The van der Waals surface area contributed by atoms with Gasteiger partial charge in [0, 0.05) is 7.11 Å². The van der Waals surface area contributed by atoms with Gasteiger partial charge in [0.05, 0.1) is 45.7 Å². The third kappa shape index (κ3) is 10.9. The fourth-order valence-electron chi connectivity index (χ4n) is 8.17. The molecular formula is C32H39N14O23P4S-3. The van der Waals surface area contributed by atoms with Gasteiger partial charge in [-0.15, -0.1) is 0 Å². The highest BCUT2D eigenvalue weighted by molar-refractivity contribution is 8.06. The Morgan fingerprint density at radius 3 is 2.05 bits per heavy atom. The summed E-state index contributed by atoms with van der Waals surface area (Å²) < 4.78 is 94.4. The molecule has 6 aromatic rings. The summed E-state index contributed by atoms with van der Waals surface area (Å²) in [5.41, 5.74) is 9.79. The first-order valence-corrected chi connectivity index (χ1v) is 27.8. The van der Waals surface area contributed by atoms with Crippen molar-refractivity contribution in [3.8, 4) is 0 Å². The number of methoxy groups -OCH3 is 1. The molecule has 9 rings (SSSR count). The van der Waals surface area contributed by atoms with E-state index in [1.54, 1.807) is 0 Å². The van der Waals surface area contributed by atoms with Crippen molar-refractivity contribution < 1.29 is 104 Å². The quantitative estimate of drug-likeness (QED) is 0.0276. The molecular weight excluding hydrogens is 1100 g/mol. The Kier molecular flexibility index (Phi) is 15.0. The van der Waals surface area contributed by atoms with Crippen LogP contribution in [0.1, 0.15) is 18.7 Å². The zero-order valence-corrected chi connectivity index (χ0v) is 41.7. The SMILES string of the molecule is COC1C(OP([O-])(=S)OCC2OC(n3cnc4c(=O)[nH]c(N)nc43)C(O)C2O)C(COP(=O)([O-])OP(=O)([O-])OP(=O)([O-])OCC2OC([n+]3cn(C)c4c(=O)[nH]c(N)nc43)C(O)C2O)OC1n1cnc2cncnc21. The van der Waals surface area contributed by atoms with E-state index in [9.17, 15) is 63.3 Å². The molecule has 6 aromatic heterocycles. The first-order valence-electron chi connectivity index (χ1n) is 20.9. The van der Waals surface area contributed by atoms with Crippen molar-refractivity contribution in [2.75, 3.05) is 38.4 Å². The third-order valence-corrected chi connectivity index (χ3v) is 17.0. The predicted molar refractivity (Wildman–Crippen MR) is 232 cm³/mol. The number of hydrogen-bond acceptors (Lipinski definition) is 32. The summed E-state index contributed by atoms with van der Waals surface area (Å²) in [5, 5.41) is 43.1. The van der Waals surface area contributed by atoms with Gasteiger partial charge in [-0.1, -0.05) is 16.8 Å². The largest absolute Gasteiger partial charge is 0.780 e. The van der Waals surface area contributed by atoms with Crippen LogP contribution in [-0.2, 0) is 78.2 Å². The molecule has 9 heterocycles. The molecule has 404 valence electrons. The first kappa shape index (κ1) is 54.3. The van der Waals surface area contributed by atoms with Crippen LogP contribution in [0.25, 0.3) is 33.5 Å². The van der Waals surface area contributed by atoms with Crippen LogP contribution in [0.15, 0.2) is 41.1 Å². The number of nitrogens with two attached hydrogens (primary N) is 2. The number of nitrogens with one attached hydrogen (secondary N) is 2. The van der Waals surface area contributed by atoms with Gasteiger partial charge in [-0.25, -0.2) is 33.1 Å². The van der Waals surface area contributed by atoms with Gasteiger partial charge in [0.25, 0.3) is 40.5 Å². The second kappa shape index (κ2) is 20.4. The van der Waals surface area contributed by atoms with Crippen molar-refractivity contribution in [2.45, 2.75) is 73.6 Å². The Labute approximate surface area is 415 Å². The van der Waals surface area contributed by atoms with E-state index < -0.39 is 135 Å². The van der Waals surface area contributed by atoms with Crippen LogP contribution in [0.4, 0.5) is 11.9 Å². The van der Waals surface area contributed by atoms with E-state index in [2.05, 4.69) is 53.0 Å². The van der Waals surface area contributed by atoms with Crippen LogP contribution < -0.4 is 46.7 Å². The molecule has 3 aliphatic rings. The Morgan fingerprint density at radius 2 is 1.35 bits per heavy atom. The monoisotopic (exact) mass is 1140 g/mol. The third-order valence-electron chi connectivity index (χ3n) is 11.4. The fraction of sp³-hybridized carbons (Fsp3) is 0.531. The van der Waals surface area contributed by atoms with Crippen LogP contribution in [0.3, 0.4) is 0 Å². The van der Waals surface area contributed by atoms with Crippen LogP contribution in [-0.4, -0.2) is 156 Å². The maximum atomic E-state index is 13.9. The highest BCUT2D eigenvalue weighted by Crippen LogP contribution is 2.63. The summed E-state index contributed by atoms with van der Waals surface area (Å²) in [6.07, 6.45) is -13.9. The molecule has 0 radical (unpaired) electrons. The number of aromatic amines is 2. The van der Waals surface area contributed by atoms with Crippen molar-refractivity contribution in [1.29, 1.82) is 0 Å². The summed E-state index contributed by atoms with van der Waals surface area (Å²) in [4.78, 5) is 106. The molecule has 16 unspecified atom stereocenters. The van der Waals surface area contributed by atoms with Crippen LogP contribution in [0.2, 0.25) is 0 Å². The first-order chi connectivity index (χ1) is 34.8. The Morgan fingerprint density at radius 1 is 0.757 bits per heavy atom. The summed E-state index contributed by atoms with van der Waals surface area (Å²) >= 11 is 5.14. The second-order valence-electron chi connectivity index (χ2n) is 16.2. The van der Waals surface area contributed by atoms with Crippen molar-refractivity contribution in [2.24, 2.45) is 7.05 Å². The number of aryl methyl sites for hydroxylation is 1. The van der Waals surface area contributed by atoms with E-state index >= 15 is 0 Å². The number of aliphatic hydroxyl groups excluding tert-OH is 4. The molecule has 0 bridgehead atoms. The van der Waals surface area contributed by atoms with E-state index in [0.29, 0.717) is 0 Å². The molecule has 74 heavy (non-hydrogen) atoms. The normalized spacial score (nSPS) is 30.7.